The number of guanidine groups is 1. The van der Waals surface area contributed by atoms with Gasteiger partial charge in [0.1, 0.15) is 5.54 Å². The Morgan fingerprint density at radius 1 is 1.19 bits per heavy atom. The molecule has 1 aromatic carbocycles. The lowest BCUT2D eigenvalue weighted by atomic mass is 9.88. The highest BCUT2D eigenvalue weighted by atomic mass is 16.2. The highest BCUT2D eigenvalue weighted by Gasteiger charge is 2.46. The molecule has 1 amide bonds. The lowest BCUT2D eigenvalue weighted by molar-refractivity contribution is -0.125. The van der Waals surface area contributed by atoms with Crippen molar-refractivity contribution in [3.8, 4) is 11.4 Å². The van der Waals surface area contributed by atoms with Gasteiger partial charge >= 0.3 is 0 Å². The Morgan fingerprint density at radius 2 is 1.92 bits per heavy atom. The standard InChI is InChI=1S/C17H22N8O/c1-24(2)16-18-15(26)17(19-16)7-9-25(10-8-17)11-12-3-5-13(6-4-12)14-20-22-23-21-14/h3-6H,7-11H2,1-2H3,(H,18,19,26)(H,20,21,22,23). The smallest absolute Gasteiger partial charge is 0.254 e. The van der Waals surface area contributed by atoms with E-state index in [1.807, 2.05) is 31.1 Å². The van der Waals surface area contributed by atoms with Gasteiger partial charge in [0.2, 0.25) is 11.8 Å². The van der Waals surface area contributed by atoms with Crippen LogP contribution in [0.5, 0.6) is 0 Å². The Hall–Kier alpha value is -2.81. The predicted molar refractivity (Wildman–Crippen MR) is 96.1 cm³/mol. The van der Waals surface area contributed by atoms with Gasteiger partial charge in [-0.1, -0.05) is 24.3 Å². The second-order valence-corrected chi connectivity index (χ2v) is 7.02. The van der Waals surface area contributed by atoms with Crippen molar-refractivity contribution in [2.24, 2.45) is 4.99 Å². The number of carbonyl (C=O) groups excluding carboxylic acids is 1. The van der Waals surface area contributed by atoms with Gasteiger partial charge in [0.05, 0.1) is 0 Å². The third-order valence-corrected chi connectivity index (χ3v) is 5.04. The van der Waals surface area contributed by atoms with E-state index in [1.54, 1.807) is 0 Å². The zero-order chi connectivity index (χ0) is 18.1. The van der Waals surface area contributed by atoms with Gasteiger partial charge in [-0.3, -0.25) is 15.0 Å². The maximum Gasteiger partial charge on any atom is 0.254 e. The molecule has 1 aromatic heterocycles. The molecule has 1 fully saturated rings. The molecule has 1 spiro atoms. The number of aromatic nitrogens is 4. The average Bonchev–Trinajstić information content (AvgIpc) is 3.27. The molecule has 0 saturated carbocycles. The van der Waals surface area contributed by atoms with Crippen molar-refractivity contribution in [2.75, 3.05) is 27.2 Å². The molecule has 9 nitrogen and oxygen atoms in total. The van der Waals surface area contributed by atoms with Crippen molar-refractivity contribution >= 4 is 11.9 Å². The number of carbonyl (C=O) groups is 1. The minimum absolute atomic E-state index is 0.0327. The van der Waals surface area contributed by atoms with E-state index in [2.05, 4.69) is 48.0 Å². The minimum atomic E-state index is -0.585. The van der Waals surface area contributed by atoms with Crippen molar-refractivity contribution in [3.63, 3.8) is 0 Å². The summed E-state index contributed by atoms with van der Waals surface area (Å²) in [7, 11) is 3.79. The molecule has 136 valence electrons. The van der Waals surface area contributed by atoms with E-state index in [0.29, 0.717) is 11.8 Å². The van der Waals surface area contributed by atoms with Crippen molar-refractivity contribution in [1.29, 1.82) is 0 Å². The Kier molecular flexibility index (Phi) is 4.15. The van der Waals surface area contributed by atoms with Crippen LogP contribution in [0, 0.1) is 0 Å². The topological polar surface area (TPSA) is 102 Å². The van der Waals surface area contributed by atoms with Gasteiger partial charge in [0.25, 0.3) is 5.91 Å². The molecule has 2 aliphatic heterocycles. The van der Waals surface area contributed by atoms with E-state index in [-0.39, 0.29) is 5.91 Å². The Balaban J connectivity index is 1.38. The number of nitrogens with zero attached hydrogens (tertiary/aromatic N) is 6. The van der Waals surface area contributed by atoms with E-state index < -0.39 is 5.54 Å². The molecule has 0 bridgehead atoms. The van der Waals surface area contributed by atoms with Gasteiger partial charge in [-0.2, -0.15) is 5.21 Å². The third-order valence-electron chi connectivity index (χ3n) is 5.04. The van der Waals surface area contributed by atoms with E-state index in [4.69, 9.17) is 0 Å². The number of piperidine rings is 1. The molecule has 0 atom stereocenters. The first-order chi connectivity index (χ1) is 12.6. The van der Waals surface area contributed by atoms with Crippen LogP contribution in [0.4, 0.5) is 0 Å². The lowest BCUT2D eigenvalue weighted by Gasteiger charge is -2.35. The number of tetrazole rings is 1. The summed E-state index contributed by atoms with van der Waals surface area (Å²) in [5.74, 6) is 1.30. The first-order valence-corrected chi connectivity index (χ1v) is 8.69. The second kappa shape index (κ2) is 6.49. The molecule has 0 aliphatic carbocycles. The van der Waals surface area contributed by atoms with Crippen LogP contribution in [0.3, 0.4) is 0 Å². The van der Waals surface area contributed by atoms with Crippen LogP contribution >= 0.6 is 0 Å². The lowest BCUT2D eigenvalue weighted by Crippen LogP contribution is -2.49. The van der Waals surface area contributed by atoms with Crippen molar-refractivity contribution in [3.05, 3.63) is 29.8 Å². The van der Waals surface area contributed by atoms with Gasteiger partial charge < -0.3 is 4.90 Å². The number of aliphatic imine (C=N–C) groups is 1. The monoisotopic (exact) mass is 354 g/mol. The number of amides is 1. The number of hydrogen-bond acceptors (Lipinski definition) is 7. The molecule has 0 radical (unpaired) electrons. The van der Waals surface area contributed by atoms with E-state index in [0.717, 1.165) is 38.0 Å². The third kappa shape index (κ3) is 3.05. The largest absolute Gasteiger partial charge is 0.349 e. The van der Waals surface area contributed by atoms with E-state index >= 15 is 0 Å². The highest BCUT2D eigenvalue weighted by Crippen LogP contribution is 2.30. The number of benzene rings is 1. The summed E-state index contributed by atoms with van der Waals surface area (Å²) in [4.78, 5) is 21.3. The number of nitrogens with one attached hydrogen (secondary N) is 2. The van der Waals surface area contributed by atoms with Crippen LogP contribution in [-0.2, 0) is 11.3 Å². The molecule has 3 heterocycles. The number of rotatable bonds is 3. The van der Waals surface area contributed by atoms with Gasteiger partial charge in [0.15, 0.2) is 0 Å². The van der Waals surface area contributed by atoms with Crippen molar-refractivity contribution in [1.82, 2.24) is 35.7 Å². The summed E-state index contributed by atoms with van der Waals surface area (Å²) in [6.07, 6.45) is 1.49. The van der Waals surface area contributed by atoms with Gasteiger partial charge in [-0.05, 0) is 23.6 Å². The highest BCUT2D eigenvalue weighted by molar-refractivity contribution is 6.07. The van der Waals surface area contributed by atoms with Crippen LogP contribution in [-0.4, -0.2) is 75.0 Å². The Morgan fingerprint density at radius 3 is 2.50 bits per heavy atom. The Bertz CT molecular complexity index is 804. The summed E-state index contributed by atoms with van der Waals surface area (Å²) in [5.41, 5.74) is 1.58. The van der Waals surface area contributed by atoms with Gasteiger partial charge in [-0.25, -0.2) is 4.99 Å². The molecule has 4 rings (SSSR count). The average molecular weight is 354 g/mol. The zero-order valence-corrected chi connectivity index (χ0v) is 14.9. The summed E-state index contributed by atoms with van der Waals surface area (Å²) >= 11 is 0. The Labute approximate surface area is 151 Å². The first-order valence-electron chi connectivity index (χ1n) is 8.69. The molecular formula is C17H22N8O. The number of hydrogen-bond donors (Lipinski definition) is 2. The summed E-state index contributed by atoms with van der Waals surface area (Å²) in [6.45, 7) is 2.56. The predicted octanol–water partition coefficient (Wildman–Crippen LogP) is 0.249. The van der Waals surface area contributed by atoms with Crippen molar-refractivity contribution in [2.45, 2.75) is 24.9 Å². The quantitative estimate of drug-likeness (QED) is 0.819. The SMILES string of the molecule is CN(C)C1=NC2(CCN(Cc3ccc(-c4nn[nH]n4)cc3)CC2)C(=O)N1. The van der Waals surface area contributed by atoms with E-state index in [1.165, 1.54) is 5.56 Å². The van der Waals surface area contributed by atoms with Crippen molar-refractivity contribution < 1.29 is 4.79 Å². The summed E-state index contributed by atoms with van der Waals surface area (Å²) < 4.78 is 0. The maximum absolute atomic E-state index is 12.4. The van der Waals surface area contributed by atoms with Gasteiger partial charge in [-0.15, -0.1) is 10.2 Å². The molecule has 0 unspecified atom stereocenters. The summed E-state index contributed by atoms with van der Waals surface area (Å²) in [5, 5.41) is 16.9. The molecule has 2 aromatic rings. The first kappa shape index (κ1) is 16.6. The fourth-order valence-corrected chi connectivity index (χ4v) is 3.43. The van der Waals surface area contributed by atoms with Crippen LogP contribution in [0.1, 0.15) is 18.4 Å². The summed E-state index contributed by atoms with van der Waals surface area (Å²) in [6, 6.07) is 8.18. The fourth-order valence-electron chi connectivity index (χ4n) is 3.43. The maximum atomic E-state index is 12.4. The van der Waals surface area contributed by atoms with Crippen LogP contribution in [0.15, 0.2) is 29.3 Å². The number of H-pyrrole nitrogens is 1. The molecule has 26 heavy (non-hydrogen) atoms. The van der Waals surface area contributed by atoms with Crippen LogP contribution in [0.25, 0.3) is 11.4 Å². The van der Waals surface area contributed by atoms with Crippen LogP contribution in [0.2, 0.25) is 0 Å². The van der Waals surface area contributed by atoms with Gasteiger partial charge in [0, 0.05) is 39.3 Å². The van der Waals surface area contributed by atoms with Crippen LogP contribution < -0.4 is 5.32 Å². The second-order valence-electron chi connectivity index (χ2n) is 7.02. The zero-order valence-electron chi connectivity index (χ0n) is 14.9. The molecule has 2 aliphatic rings. The molecule has 2 N–H and O–H groups in total. The van der Waals surface area contributed by atoms with E-state index in [9.17, 15) is 4.79 Å². The number of aromatic amines is 1. The molecule has 1 saturated heterocycles. The normalized spacial score (nSPS) is 19.5. The number of likely N-dealkylation sites (tertiary alicyclic amines) is 1. The minimum Gasteiger partial charge on any atom is -0.349 e. The molecular weight excluding hydrogens is 332 g/mol. The molecule has 9 heteroatoms. The fraction of sp³-hybridized carbons (Fsp3) is 0.471.